The number of β-amino-alcohol motifs (C(OH)–C–C–N with tert-alkyl or cyclic N) is 1. The number of carbonyl (C=O) groups is 1. The van der Waals surface area contributed by atoms with E-state index in [1.54, 1.807) is 0 Å². The number of rotatable bonds is 4. The molecule has 0 aromatic carbocycles. The van der Waals surface area contributed by atoms with E-state index in [2.05, 4.69) is 10.6 Å². The number of hydrogen-bond acceptors (Lipinski definition) is 4. The van der Waals surface area contributed by atoms with Crippen molar-refractivity contribution in [3.63, 3.8) is 0 Å². The summed E-state index contributed by atoms with van der Waals surface area (Å²) in [4.78, 5) is 11.3. The summed E-state index contributed by atoms with van der Waals surface area (Å²) in [5.74, 6) is 0. The number of aliphatic hydroxyl groups is 1. The number of nitrogens with one attached hydrogen (secondary N) is 2. The van der Waals surface area contributed by atoms with Crippen LogP contribution in [0.1, 0.15) is 33.6 Å². The zero-order chi connectivity index (χ0) is 12.2. The molecule has 0 aromatic rings. The second-order valence-electron chi connectivity index (χ2n) is 5.36. The van der Waals surface area contributed by atoms with Crippen LogP contribution in [-0.2, 0) is 4.74 Å². The quantitative estimate of drug-likeness (QED) is 0.619. The lowest BCUT2D eigenvalue weighted by Crippen LogP contribution is -2.59. The van der Waals surface area contributed by atoms with Gasteiger partial charge in [0.15, 0.2) is 0 Å². The molecule has 0 aliphatic carbocycles. The van der Waals surface area contributed by atoms with Gasteiger partial charge in [-0.05, 0) is 33.6 Å². The fourth-order valence-electron chi connectivity index (χ4n) is 1.51. The van der Waals surface area contributed by atoms with Gasteiger partial charge in [-0.2, -0.15) is 0 Å². The molecule has 0 radical (unpaired) electrons. The third-order valence-corrected chi connectivity index (χ3v) is 2.40. The minimum atomic E-state index is -0.560. The Morgan fingerprint density at radius 3 is 2.56 bits per heavy atom. The number of amides is 1. The zero-order valence-corrected chi connectivity index (χ0v) is 10.3. The molecule has 94 valence electrons. The fraction of sp³-hybridized carbons (Fsp3) is 0.909. The van der Waals surface area contributed by atoms with Gasteiger partial charge >= 0.3 is 6.09 Å². The summed E-state index contributed by atoms with van der Waals surface area (Å²) in [7, 11) is 0. The van der Waals surface area contributed by atoms with Crippen molar-refractivity contribution >= 4 is 6.09 Å². The lowest BCUT2D eigenvalue weighted by Gasteiger charge is -2.37. The summed E-state index contributed by atoms with van der Waals surface area (Å²) in [6.45, 7) is 7.33. The van der Waals surface area contributed by atoms with Crippen LogP contribution in [0.25, 0.3) is 0 Å². The molecule has 0 spiro atoms. The van der Waals surface area contributed by atoms with Crippen LogP contribution in [0, 0.1) is 0 Å². The average molecular weight is 230 g/mol. The predicted octanol–water partition coefficient (Wildman–Crippen LogP) is 0.626. The smallest absolute Gasteiger partial charge is 0.407 e. The van der Waals surface area contributed by atoms with Crippen LogP contribution in [0.5, 0.6) is 0 Å². The maximum atomic E-state index is 11.3. The van der Waals surface area contributed by atoms with Crippen molar-refractivity contribution in [2.75, 3.05) is 19.6 Å². The molecule has 1 amide bonds. The Kier molecular flexibility index (Phi) is 4.15. The fourth-order valence-corrected chi connectivity index (χ4v) is 1.51. The van der Waals surface area contributed by atoms with Crippen molar-refractivity contribution in [1.29, 1.82) is 0 Å². The molecule has 1 heterocycles. The molecule has 1 saturated heterocycles. The Morgan fingerprint density at radius 2 is 2.12 bits per heavy atom. The molecule has 16 heavy (non-hydrogen) atoms. The number of hydrogen-bond donors (Lipinski definition) is 3. The Labute approximate surface area is 96.6 Å². The van der Waals surface area contributed by atoms with E-state index in [1.165, 1.54) is 0 Å². The molecule has 0 saturated carbocycles. The number of carbonyl (C=O) groups excluding carboxylic acids is 1. The first-order valence-corrected chi connectivity index (χ1v) is 5.71. The second-order valence-corrected chi connectivity index (χ2v) is 5.36. The molecule has 3 N–H and O–H groups in total. The summed E-state index contributed by atoms with van der Waals surface area (Å²) >= 11 is 0. The van der Waals surface area contributed by atoms with Crippen LogP contribution in [-0.4, -0.2) is 42.0 Å². The van der Waals surface area contributed by atoms with E-state index in [-0.39, 0.29) is 0 Å². The van der Waals surface area contributed by atoms with Gasteiger partial charge in [-0.3, -0.25) is 0 Å². The number of alkyl carbamates (subject to hydrolysis) is 1. The molecule has 1 fully saturated rings. The van der Waals surface area contributed by atoms with Gasteiger partial charge in [0, 0.05) is 19.6 Å². The summed E-state index contributed by atoms with van der Waals surface area (Å²) in [6, 6.07) is 0. The summed E-state index contributed by atoms with van der Waals surface area (Å²) < 4.78 is 5.09. The molecular formula is C11H22N2O3. The van der Waals surface area contributed by atoms with Crippen molar-refractivity contribution < 1.29 is 14.6 Å². The Hall–Kier alpha value is -0.810. The SMILES string of the molecule is CC(C)(C)OC(=O)NCCCC1(O)CNC1. The molecule has 1 aliphatic rings. The van der Waals surface area contributed by atoms with Crippen LogP contribution in [0.4, 0.5) is 4.79 Å². The van der Waals surface area contributed by atoms with Crippen molar-refractivity contribution in [3.05, 3.63) is 0 Å². The minimum absolute atomic E-state index is 0.397. The van der Waals surface area contributed by atoms with Gasteiger partial charge < -0.3 is 20.5 Å². The molecule has 1 rings (SSSR count). The largest absolute Gasteiger partial charge is 0.444 e. The van der Waals surface area contributed by atoms with E-state index < -0.39 is 17.3 Å². The van der Waals surface area contributed by atoms with Gasteiger partial charge in [0.2, 0.25) is 0 Å². The molecular weight excluding hydrogens is 208 g/mol. The van der Waals surface area contributed by atoms with E-state index in [0.717, 1.165) is 6.42 Å². The highest BCUT2D eigenvalue weighted by atomic mass is 16.6. The third kappa shape index (κ3) is 4.81. The first kappa shape index (κ1) is 13.3. The van der Waals surface area contributed by atoms with Gasteiger partial charge in [-0.25, -0.2) is 4.79 Å². The van der Waals surface area contributed by atoms with Crippen LogP contribution < -0.4 is 10.6 Å². The molecule has 5 heteroatoms. The molecule has 5 nitrogen and oxygen atoms in total. The third-order valence-electron chi connectivity index (χ3n) is 2.40. The van der Waals surface area contributed by atoms with Crippen molar-refractivity contribution in [3.8, 4) is 0 Å². The van der Waals surface area contributed by atoms with Crippen LogP contribution in [0.2, 0.25) is 0 Å². The maximum Gasteiger partial charge on any atom is 0.407 e. The maximum absolute atomic E-state index is 11.3. The molecule has 0 atom stereocenters. The van der Waals surface area contributed by atoms with E-state index >= 15 is 0 Å². The Morgan fingerprint density at radius 1 is 1.50 bits per heavy atom. The first-order valence-electron chi connectivity index (χ1n) is 5.71. The highest BCUT2D eigenvalue weighted by Gasteiger charge is 2.33. The van der Waals surface area contributed by atoms with E-state index in [4.69, 9.17) is 4.74 Å². The lowest BCUT2D eigenvalue weighted by molar-refractivity contribution is -0.0188. The van der Waals surface area contributed by atoms with E-state index in [9.17, 15) is 9.90 Å². The highest BCUT2D eigenvalue weighted by Crippen LogP contribution is 2.16. The van der Waals surface area contributed by atoms with Crippen LogP contribution in [0.3, 0.4) is 0 Å². The van der Waals surface area contributed by atoms with Gasteiger partial charge in [0.25, 0.3) is 0 Å². The summed E-state index contributed by atoms with van der Waals surface area (Å²) in [5, 5.41) is 15.4. The van der Waals surface area contributed by atoms with Gasteiger partial charge in [-0.1, -0.05) is 0 Å². The number of ether oxygens (including phenoxy) is 1. The van der Waals surface area contributed by atoms with Crippen molar-refractivity contribution in [1.82, 2.24) is 10.6 Å². The van der Waals surface area contributed by atoms with E-state index in [0.29, 0.717) is 26.1 Å². The predicted molar refractivity (Wildman–Crippen MR) is 61.3 cm³/mol. The molecule has 1 aliphatic heterocycles. The summed E-state index contributed by atoms with van der Waals surface area (Å²) in [5.41, 5.74) is -1.02. The second kappa shape index (κ2) is 5.01. The van der Waals surface area contributed by atoms with E-state index in [1.807, 2.05) is 20.8 Å². The van der Waals surface area contributed by atoms with Crippen molar-refractivity contribution in [2.45, 2.75) is 44.8 Å². The Bertz CT molecular complexity index is 244. The lowest BCUT2D eigenvalue weighted by atomic mass is 9.92. The van der Waals surface area contributed by atoms with Crippen LogP contribution in [0.15, 0.2) is 0 Å². The standard InChI is InChI=1S/C11H22N2O3/c1-10(2,3)16-9(14)13-6-4-5-11(15)7-12-8-11/h12,15H,4-8H2,1-3H3,(H,13,14). The van der Waals surface area contributed by atoms with Gasteiger partial charge in [0.1, 0.15) is 5.60 Å². The topological polar surface area (TPSA) is 70.6 Å². The van der Waals surface area contributed by atoms with Crippen LogP contribution >= 0.6 is 0 Å². The Balaban J connectivity index is 2.04. The zero-order valence-electron chi connectivity index (χ0n) is 10.3. The van der Waals surface area contributed by atoms with Crippen molar-refractivity contribution in [2.24, 2.45) is 0 Å². The molecule has 0 bridgehead atoms. The van der Waals surface area contributed by atoms with Gasteiger partial charge in [0.05, 0.1) is 5.60 Å². The normalized spacial score (nSPS) is 18.8. The first-order chi connectivity index (χ1) is 7.31. The highest BCUT2D eigenvalue weighted by molar-refractivity contribution is 5.67. The average Bonchev–Trinajstić information content (AvgIpc) is 2.06. The minimum Gasteiger partial charge on any atom is -0.444 e. The summed E-state index contributed by atoms with van der Waals surface area (Å²) in [6.07, 6.45) is 1.07. The molecule has 0 unspecified atom stereocenters. The monoisotopic (exact) mass is 230 g/mol. The van der Waals surface area contributed by atoms with Gasteiger partial charge in [-0.15, -0.1) is 0 Å². The molecule has 0 aromatic heterocycles.